The van der Waals surface area contributed by atoms with Crippen LogP contribution in [0.1, 0.15) is 29.6 Å². The van der Waals surface area contributed by atoms with Gasteiger partial charge in [-0.3, -0.25) is 4.79 Å². The molecule has 2 rings (SSSR count). The van der Waals surface area contributed by atoms with Gasteiger partial charge in [-0.1, -0.05) is 18.2 Å². The van der Waals surface area contributed by atoms with E-state index in [0.717, 1.165) is 19.3 Å². The van der Waals surface area contributed by atoms with E-state index in [-0.39, 0.29) is 11.8 Å². The molecule has 1 saturated heterocycles. The van der Waals surface area contributed by atoms with Crippen LogP contribution in [0.3, 0.4) is 0 Å². The molecule has 1 aliphatic heterocycles. The Kier molecular flexibility index (Phi) is 4.58. The summed E-state index contributed by atoms with van der Waals surface area (Å²) in [6.45, 7) is 0.601. The van der Waals surface area contributed by atoms with Gasteiger partial charge in [0.25, 0.3) is 5.91 Å². The molecule has 1 amide bonds. The van der Waals surface area contributed by atoms with Crippen LogP contribution in [0, 0.1) is 5.92 Å². The molecule has 1 unspecified atom stereocenters. The Bertz CT molecular complexity index is 525. The van der Waals surface area contributed by atoms with Crippen LogP contribution in [0.25, 0.3) is 0 Å². The van der Waals surface area contributed by atoms with E-state index in [1.165, 1.54) is 0 Å². The molecule has 104 valence electrons. The molecule has 0 spiro atoms. The number of carbonyl (C=O) groups is 1. The number of amides is 1. The minimum atomic E-state index is -2.78. The SMILES string of the molecule is O=C(NCCCC1CCS(=O)(=O)C1)c1ccccc1. The van der Waals surface area contributed by atoms with E-state index in [1.807, 2.05) is 18.2 Å². The monoisotopic (exact) mass is 281 g/mol. The third-order valence-corrected chi connectivity index (χ3v) is 5.27. The van der Waals surface area contributed by atoms with E-state index in [1.54, 1.807) is 12.1 Å². The van der Waals surface area contributed by atoms with Crippen LogP contribution in [0.2, 0.25) is 0 Å². The highest BCUT2D eigenvalue weighted by Gasteiger charge is 2.27. The fourth-order valence-corrected chi connectivity index (χ4v) is 4.29. The molecular weight excluding hydrogens is 262 g/mol. The molecule has 0 aliphatic carbocycles. The molecule has 1 aliphatic rings. The topological polar surface area (TPSA) is 63.2 Å². The number of rotatable bonds is 5. The first-order valence-electron chi connectivity index (χ1n) is 6.60. The summed E-state index contributed by atoms with van der Waals surface area (Å²) in [6, 6.07) is 9.09. The molecular formula is C14H19NO3S. The van der Waals surface area contributed by atoms with E-state index < -0.39 is 9.84 Å². The molecule has 5 heteroatoms. The van der Waals surface area contributed by atoms with Gasteiger partial charge in [0.2, 0.25) is 0 Å². The molecule has 0 saturated carbocycles. The minimum Gasteiger partial charge on any atom is -0.352 e. The lowest BCUT2D eigenvalue weighted by Gasteiger charge is -2.08. The Morgan fingerprint density at radius 3 is 2.63 bits per heavy atom. The maximum Gasteiger partial charge on any atom is 0.251 e. The molecule has 19 heavy (non-hydrogen) atoms. The van der Waals surface area contributed by atoms with Crippen LogP contribution in [0.15, 0.2) is 30.3 Å². The number of sulfone groups is 1. The zero-order valence-corrected chi connectivity index (χ0v) is 11.7. The molecule has 1 aromatic carbocycles. The fourth-order valence-electron chi connectivity index (χ4n) is 2.38. The average Bonchev–Trinajstić information content (AvgIpc) is 2.75. The van der Waals surface area contributed by atoms with Gasteiger partial charge in [-0.2, -0.15) is 0 Å². The summed E-state index contributed by atoms with van der Waals surface area (Å²) >= 11 is 0. The molecule has 4 nitrogen and oxygen atoms in total. The van der Waals surface area contributed by atoms with E-state index in [0.29, 0.717) is 23.6 Å². The van der Waals surface area contributed by atoms with Gasteiger partial charge in [-0.25, -0.2) is 8.42 Å². The maximum atomic E-state index is 11.7. The quantitative estimate of drug-likeness (QED) is 0.834. The zero-order valence-electron chi connectivity index (χ0n) is 10.8. The van der Waals surface area contributed by atoms with E-state index >= 15 is 0 Å². The van der Waals surface area contributed by atoms with Gasteiger partial charge < -0.3 is 5.32 Å². The van der Waals surface area contributed by atoms with Gasteiger partial charge in [-0.05, 0) is 37.3 Å². The van der Waals surface area contributed by atoms with Crippen molar-refractivity contribution in [2.45, 2.75) is 19.3 Å². The third-order valence-electron chi connectivity index (χ3n) is 3.44. The highest BCUT2D eigenvalue weighted by molar-refractivity contribution is 7.91. The van der Waals surface area contributed by atoms with Crippen molar-refractivity contribution in [1.82, 2.24) is 5.32 Å². The van der Waals surface area contributed by atoms with Crippen molar-refractivity contribution in [3.63, 3.8) is 0 Å². The van der Waals surface area contributed by atoms with E-state index in [9.17, 15) is 13.2 Å². The number of nitrogens with one attached hydrogen (secondary N) is 1. The largest absolute Gasteiger partial charge is 0.352 e. The Morgan fingerprint density at radius 1 is 1.26 bits per heavy atom. The second-order valence-electron chi connectivity index (χ2n) is 5.03. The van der Waals surface area contributed by atoms with Crippen LogP contribution < -0.4 is 5.32 Å². The van der Waals surface area contributed by atoms with E-state index in [2.05, 4.69) is 5.32 Å². The summed E-state index contributed by atoms with van der Waals surface area (Å²) in [4.78, 5) is 11.7. The summed E-state index contributed by atoms with van der Waals surface area (Å²) in [5, 5.41) is 2.86. The van der Waals surface area contributed by atoms with Crippen molar-refractivity contribution in [2.24, 2.45) is 5.92 Å². The normalized spacial score (nSPS) is 21.2. The van der Waals surface area contributed by atoms with Crippen LogP contribution in [0.4, 0.5) is 0 Å². The predicted molar refractivity (Wildman–Crippen MR) is 74.8 cm³/mol. The van der Waals surface area contributed by atoms with Crippen LogP contribution in [0.5, 0.6) is 0 Å². The second-order valence-corrected chi connectivity index (χ2v) is 7.26. The van der Waals surface area contributed by atoms with Crippen molar-refractivity contribution in [1.29, 1.82) is 0 Å². The lowest BCUT2D eigenvalue weighted by atomic mass is 10.0. The lowest BCUT2D eigenvalue weighted by Crippen LogP contribution is -2.24. The first-order chi connectivity index (χ1) is 9.07. The number of carbonyl (C=O) groups excluding carboxylic acids is 1. The van der Waals surface area contributed by atoms with Crippen molar-refractivity contribution in [3.8, 4) is 0 Å². The summed E-state index contributed by atoms with van der Waals surface area (Å²) in [7, 11) is -2.78. The van der Waals surface area contributed by atoms with Crippen molar-refractivity contribution in [2.75, 3.05) is 18.1 Å². The first-order valence-corrected chi connectivity index (χ1v) is 8.43. The van der Waals surface area contributed by atoms with Gasteiger partial charge in [-0.15, -0.1) is 0 Å². The molecule has 0 bridgehead atoms. The summed E-state index contributed by atoms with van der Waals surface area (Å²) in [6.07, 6.45) is 2.47. The Labute approximate surface area is 114 Å². The van der Waals surface area contributed by atoms with Gasteiger partial charge in [0.1, 0.15) is 0 Å². The van der Waals surface area contributed by atoms with Crippen molar-refractivity contribution < 1.29 is 13.2 Å². The summed E-state index contributed by atoms with van der Waals surface area (Å²) in [5.74, 6) is 0.853. The standard InChI is InChI=1S/C14H19NO3S/c16-14(13-6-2-1-3-7-13)15-9-4-5-12-8-10-19(17,18)11-12/h1-3,6-7,12H,4-5,8-11H2,(H,15,16). The number of hydrogen-bond acceptors (Lipinski definition) is 3. The maximum absolute atomic E-state index is 11.7. The number of hydrogen-bond donors (Lipinski definition) is 1. The van der Waals surface area contributed by atoms with E-state index in [4.69, 9.17) is 0 Å². The van der Waals surface area contributed by atoms with Gasteiger partial charge >= 0.3 is 0 Å². The predicted octanol–water partition coefficient (Wildman–Crippen LogP) is 1.63. The van der Waals surface area contributed by atoms with Gasteiger partial charge in [0.15, 0.2) is 9.84 Å². The lowest BCUT2D eigenvalue weighted by molar-refractivity contribution is 0.0952. The van der Waals surface area contributed by atoms with Crippen LogP contribution >= 0.6 is 0 Å². The minimum absolute atomic E-state index is 0.0698. The fraction of sp³-hybridized carbons (Fsp3) is 0.500. The Hall–Kier alpha value is -1.36. The first kappa shape index (κ1) is 14.1. The number of benzene rings is 1. The van der Waals surface area contributed by atoms with Gasteiger partial charge in [0, 0.05) is 12.1 Å². The highest BCUT2D eigenvalue weighted by Crippen LogP contribution is 2.22. The molecule has 0 aromatic heterocycles. The molecule has 1 fully saturated rings. The smallest absolute Gasteiger partial charge is 0.251 e. The Balaban J connectivity index is 1.66. The molecule has 1 heterocycles. The second kappa shape index (κ2) is 6.19. The molecule has 0 radical (unpaired) electrons. The highest BCUT2D eigenvalue weighted by atomic mass is 32.2. The van der Waals surface area contributed by atoms with Crippen molar-refractivity contribution in [3.05, 3.63) is 35.9 Å². The molecule has 1 N–H and O–H groups in total. The summed E-state index contributed by atoms with van der Waals surface area (Å²) < 4.78 is 22.6. The summed E-state index contributed by atoms with van der Waals surface area (Å²) in [5.41, 5.74) is 0.658. The molecule has 1 atom stereocenters. The van der Waals surface area contributed by atoms with Crippen LogP contribution in [-0.4, -0.2) is 32.4 Å². The molecule has 1 aromatic rings. The van der Waals surface area contributed by atoms with Gasteiger partial charge in [0.05, 0.1) is 11.5 Å². The zero-order chi connectivity index (χ0) is 13.7. The Morgan fingerprint density at radius 2 is 2.00 bits per heavy atom. The average molecular weight is 281 g/mol. The van der Waals surface area contributed by atoms with Crippen LogP contribution in [-0.2, 0) is 9.84 Å². The van der Waals surface area contributed by atoms with Crippen molar-refractivity contribution >= 4 is 15.7 Å². The third kappa shape index (κ3) is 4.35.